The zero-order chi connectivity index (χ0) is 13.7. The number of β-amino-alcohol motifs (C(OH)–C–C–N with tert-alkyl or cyclic N) is 1. The van der Waals surface area contributed by atoms with Gasteiger partial charge in [0.05, 0.1) is 30.0 Å². The fourth-order valence-electron chi connectivity index (χ4n) is 2.05. The van der Waals surface area contributed by atoms with Crippen molar-refractivity contribution < 1.29 is 18.3 Å². The van der Waals surface area contributed by atoms with E-state index in [9.17, 15) is 13.5 Å². The molecule has 0 spiro atoms. The first-order valence-corrected chi connectivity index (χ1v) is 7.99. The van der Waals surface area contributed by atoms with Gasteiger partial charge in [0.25, 0.3) is 0 Å². The molecule has 106 valence electrons. The molecule has 0 amide bonds. The molecule has 5 nitrogen and oxygen atoms in total. The second-order valence-electron chi connectivity index (χ2n) is 4.66. The summed E-state index contributed by atoms with van der Waals surface area (Å²) in [7, 11) is -3.25. The summed E-state index contributed by atoms with van der Waals surface area (Å²) >= 11 is 0. The second-order valence-corrected chi connectivity index (χ2v) is 6.77. The Morgan fingerprint density at radius 1 is 1.32 bits per heavy atom. The lowest BCUT2D eigenvalue weighted by Gasteiger charge is -2.20. The van der Waals surface area contributed by atoms with Gasteiger partial charge in [0, 0.05) is 19.6 Å². The van der Waals surface area contributed by atoms with Crippen LogP contribution in [0, 0.1) is 0 Å². The summed E-state index contributed by atoms with van der Waals surface area (Å²) in [4.78, 5) is 2.28. The standard InChI is InChI=1S/C13H19NO4S/c15-12-10-14(6-8-18-11-12)7-9-19(16,17)13-4-2-1-3-5-13/h1-5,12,15H,6-11H2. The van der Waals surface area contributed by atoms with E-state index in [0.29, 0.717) is 37.7 Å². The Morgan fingerprint density at radius 3 is 2.79 bits per heavy atom. The molecule has 1 aliphatic heterocycles. The topological polar surface area (TPSA) is 66.8 Å². The fourth-order valence-corrected chi connectivity index (χ4v) is 3.36. The van der Waals surface area contributed by atoms with Crippen molar-refractivity contribution in [1.29, 1.82) is 0 Å². The van der Waals surface area contributed by atoms with E-state index in [2.05, 4.69) is 0 Å². The van der Waals surface area contributed by atoms with Crippen molar-refractivity contribution >= 4 is 9.84 Å². The van der Waals surface area contributed by atoms with Crippen molar-refractivity contribution in [2.75, 3.05) is 38.6 Å². The van der Waals surface area contributed by atoms with Gasteiger partial charge in [0.2, 0.25) is 0 Å². The molecular formula is C13H19NO4S. The predicted octanol–water partition coefficient (Wildman–Crippen LogP) is 0.153. The number of benzene rings is 1. The second kappa shape index (κ2) is 6.47. The van der Waals surface area contributed by atoms with Crippen LogP contribution in [0.15, 0.2) is 35.2 Å². The molecule has 1 unspecified atom stereocenters. The van der Waals surface area contributed by atoms with E-state index in [1.807, 2.05) is 4.90 Å². The maximum atomic E-state index is 12.1. The van der Waals surface area contributed by atoms with Crippen LogP contribution in [0.25, 0.3) is 0 Å². The van der Waals surface area contributed by atoms with Gasteiger partial charge in [0.15, 0.2) is 9.84 Å². The van der Waals surface area contributed by atoms with E-state index in [4.69, 9.17) is 4.74 Å². The van der Waals surface area contributed by atoms with Crippen molar-refractivity contribution in [3.63, 3.8) is 0 Å². The lowest BCUT2D eigenvalue weighted by Crippen LogP contribution is -2.36. The Morgan fingerprint density at radius 2 is 2.05 bits per heavy atom. The summed E-state index contributed by atoms with van der Waals surface area (Å²) in [6.45, 7) is 2.38. The highest BCUT2D eigenvalue weighted by Gasteiger charge is 2.20. The quantitative estimate of drug-likeness (QED) is 0.853. The predicted molar refractivity (Wildman–Crippen MR) is 71.8 cm³/mol. The molecule has 0 radical (unpaired) electrons. The number of aliphatic hydroxyl groups is 1. The number of hydrogen-bond donors (Lipinski definition) is 1. The molecular weight excluding hydrogens is 266 g/mol. The van der Waals surface area contributed by atoms with Crippen molar-refractivity contribution in [1.82, 2.24) is 4.90 Å². The third-order valence-electron chi connectivity index (χ3n) is 3.11. The molecule has 6 heteroatoms. The Labute approximate surface area is 113 Å². The number of sulfone groups is 1. The van der Waals surface area contributed by atoms with E-state index >= 15 is 0 Å². The number of aliphatic hydroxyl groups excluding tert-OH is 1. The van der Waals surface area contributed by atoms with Crippen LogP contribution in [0.5, 0.6) is 0 Å². The third kappa shape index (κ3) is 4.28. The highest BCUT2D eigenvalue weighted by atomic mass is 32.2. The summed E-state index contributed by atoms with van der Waals surface area (Å²) in [5.74, 6) is 0.0593. The van der Waals surface area contributed by atoms with Crippen LogP contribution in [0.2, 0.25) is 0 Å². The molecule has 1 aromatic rings. The summed E-state index contributed by atoms with van der Waals surface area (Å²) in [6.07, 6.45) is -0.540. The maximum absolute atomic E-state index is 12.1. The SMILES string of the molecule is O=S(=O)(CCN1CCOCC(O)C1)c1ccccc1. The minimum atomic E-state index is -3.25. The lowest BCUT2D eigenvalue weighted by atomic mass is 10.3. The van der Waals surface area contributed by atoms with Gasteiger partial charge in [-0.1, -0.05) is 18.2 Å². The van der Waals surface area contributed by atoms with Crippen LogP contribution >= 0.6 is 0 Å². The van der Waals surface area contributed by atoms with Gasteiger partial charge in [-0.2, -0.15) is 0 Å². The molecule has 1 N–H and O–H groups in total. The highest BCUT2D eigenvalue weighted by molar-refractivity contribution is 7.91. The molecule has 0 saturated carbocycles. The molecule has 0 aliphatic carbocycles. The summed E-state index contributed by atoms with van der Waals surface area (Å²) in [6, 6.07) is 8.44. The first-order chi connectivity index (χ1) is 9.08. The van der Waals surface area contributed by atoms with E-state index in [1.165, 1.54) is 0 Å². The first kappa shape index (κ1) is 14.5. The van der Waals surface area contributed by atoms with Crippen molar-refractivity contribution in [3.8, 4) is 0 Å². The van der Waals surface area contributed by atoms with Gasteiger partial charge in [0.1, 0.15) is 0 Å². The van der Waals surface area contributed by atoms with Gasteiger partial charge in [-0.3, -0.25) is 4.90 Å². The van der Waals surface area contributed by atoms with Crippen molar-refractivity contribution in [2.45, 2.75) is 11.0 Å². The molecule has 1 saturated heterocycles. The minimum Gasteiger partial charge on any atom is -0.389 e. The number of nitrogens with zero attached hydrogens (tertiary/aromatic N) is 1. The van der Waals surface area contributed by atoms with Crippen LogP contribution in [-0.4, -0.2) is 63.1 Å². The monoisotopic (exact) mass is 285 g/mol. The van der Waals surface area contributed by atoms with Crippen LogP contribution < -0.4 is 0 Å². The largest absolute Gasteiger partial charge is 0.389 e. The molecule has 1 fully saturated rings. The van der Waals surface area contributed by atoms with Crippen LogP contribution in [0.1, 0.15) is 0 Å². The van der Waals surface area contributed by atoms with Gasteiger partial charge in [-0.25, -0.2) is 8.42 Å². The molecule has 0 aromatic heterocycles. The van der Waals surface area contributed by atoms with E-state index in [-0.39, 0.29) is 5.75 Å². The minimum absolute atomic E-state index is 0.0593. The molecule has 1 atom stereocenters. The number of ether oxygens (including phenoxy) is 1. The molecule has 1 heterocycles. The molecule has 0 bridgehead atoms. The summed E-state index contributed by atoms with van der Waals surface area (Å²) in [5, 5.41) is 9.59. The number of rotatable bonds is 4. The zero-order valence-electron chi connectivity index (χ0n) is 10.7. The molecule has 1 aliphatic rings. The van der Waals surface area contributed by atoms with Gasteiger partial charge in [-0.05, 0) is 12.1 Å². The Balaban J connectivity index is 1.94. The van der Waals surface area contributed by atoms with Crippen LogP contribution in [-0.2, 0) is 14.6 Å². The average molecular weight is 285 g/mol. The summed E-state index contributed by atoms with van der Waals surface area (Å²) in [5.41, 5.74) is 0. The Hall–Kier alpha value is -0.950. The lowest BCUT2D eigenvalue weighted by molar-refractivity contribution is 0.0567. The Kier molecular flexibility index (Phi) is 4.93. The fraction of sp³-hybridized carbons (Fsp3) is 0.538. The van der Waals surface area contributed by atoms with Crippen LogP contribution in [0.3, 0.4) is 0 Å². The highest BCUT2D eigenvalue weighted by Crippen LogP contribution is 2.11. The van der Waals surface area contributed by atoms with Crippen LogP contribution in [0.4, 0.5) is 0 Å². The van der Waals surface area contributed by atoms with E-state index < -0.39 is 15.9 Å². The van der Waals surface area contributed by atoms with Crippen molar-refractivity contribution in [2.24, 2.45) is 0 Å². The van der Waals surface area contributed by atoms with E-state index in [0.717, 1.165) is 0 Å². The molecule has 1 aromatic carbocycles. The molecule has 2 rings (SSSR count). The smallest absolute Gasteiger partial charge is 0.179 e. The van der Waals surface area contributed by atoms with Gasteiger partial charge in [-0.15, -0.1) is 0 Å². The van der Waals surface area contributed by atoms with Gasteiger partial charge < -0.3 is 9.84 Å². The van der Waals surface area contributed by atoms with Gasteiger partial charge >= 0.3 is 0 Å². The first-order valence-electron chi connectivity index (χ1n) is 6.34. The van der Waals surface area contributed by atoms with Crippen molar-refractivity contribution in [3.05, 3.63) is 30.3 Å². The molecule has 19 heavy (non-hydrogen) atoms. The summed E-state index contributed by atoms with van der Waals surface area (Å²) < 4.78 is 29.5. The Bertz CT molecular complexity index is 489. The number of hydrogen-bond acceptors (Lipinski definition) is 5. The normalized spacial score (nSPS) is 22.1. The average Bonchev–Trinajstić information content (AvgIpc) is 2.62. The maximum Gasteiger partial charge on any atom is 0.179 e. The van der Waals surface area contributed by atoms with E-state index in [1.54, 1.807) is 30.3 Å². The zero-order valence-corrected chi connectivity index (χ0v) is 11.6. The third-order valence-corrected chi connectivity index (χ3v) is 4.82.